The first-order valence-electron chi connectivity index (χ1n) is 6.24. The van der Waals surface area contributed by atoms with Crippen LogP contribution in [-0.4, -0.2) is 0 Å². The van der Waals surface area contributed by atoms with Gasteiger partial charge in [0.05, 0.1) is 7.27 Å². The van der Waals surface area contributed by atoms with Gasteiger partial charge in [0.15, 0.2) is 0 Å². The number of rotatable bonds is 2. The molecule has 20 heavy (non-hydrogen) atoms. The molecule has 0 saturated heterocycles. The SMILES string of the molecule is ClP(c1cc2ccccc2s1)c1cc2ccccc2s1. The summed E-state index contributed by atoms with van der Waals surface area (Å²) >= 11 is 10.4. The van der Waals surface area contributed by atoms with Gasteiger partial charge in [-0.15, -0.1) is 22.7 Å². The van der Waals surface area contributed by atoms with Crippen molar-refractivity contribution in [3.63, 3.8) is 0 Å². The van der Waals surface area contributed by atoms with E-state index < -0.39 is 7.27 Å². The van der Waals surface area contributed by atoms with Gasteiger partial charge < -0.3 is 0 Å². The normalized spacial score (nSPS) is 11.7. The smallest absolute Gasteiger partial charge is 0.0729 e. The fourth-order valence-corrected chi connectivity index (χ4v) is 7.47. The van der Waals surface area contributed by atoms with Crippen molar-refractivity contribution in [2.75, 3.05) is 0 Å². The van der Waals surface area contributed by atoms with Gasteiger partial charge in [0.2, 0.25) is 0 Å². The summed E-state index contributed by atoms with van der Waals surface area (Å²) in [7, 11) is -0.755. The monoisotopic (exact) mass is 332 g/mol. The van der Waals surface area contributed by atoms with Crippen molar-refractivity contribution in [1.29, 1.82) is 0 Å². The predicted octanol–water partition coefficient (Wildman–Crippen LogP) is 5.70. The van der Waals surface area contributed by atoms with Crippen LogP contribution in [0.4, 0.5) is 0 Å². The van der Waals surface area contributed by atoms with Gasteiger partial charge in [-0.05, 0) is 35.0 Å². The molecule has 4 aromatic rings. The fraction of sp³-hybridized carbons (Fsp3) is 0. The van der Waals surface area contributed by atoms with Crippen LogP contribution in [0.15, 0.2) is 60.7 Å². The second-order valence-corrected chi connectivity index (χ2v) is 9.84. The summed E-state index contributed by atoms with van der Waals surface area (Å²) in [6.45, 7) is 0. The van der Waals surface area contributed by atoms with Crippen molar-refractivity contribution in [2.45, 2.75) is 0 Å². The van der Waals surface area contributed by atoms with Crippen molar-refractivity contribution in [1.82, 2.24) is 0 Å². The van der Waals surface area contributed by atoms with Gasteiger partial charge in [0.1, 0.15) is 0 Å². The summed E-state index contributed by atoms with van der Waals surface area (Å²) < 4.78 is 5.21. The van der Waals surface area contributed by atoms with E-state index >= 15 is 0 Å². The molecule has 0 aliphatic carbocycles. The lowest BCUT2D eigenvalue weighted by molar-refractivity contribution is 1.86. The van der Waals surface area contributed by atoms with Crippen LogP contribution in [0.2, 0.25) is 0 Å². The average Bonchev–Trinajstić information content (AvgIpc) is 3.10. The van der Waals surface area contributed by atoms with Gasteiger partial charge in [0.25, 0.3) is 0 Å². The highest BCUT2D eigenvalue weighted by Crippen LogP contribution is 2.45. The number of fused-ring (bicyclic) bond motifs is 2. The van der Waals surface area contributed by atoms with Gasteiger partial charge in [-0.3, -0.25) is 0 Å². The summed E-state index contributed by atoms with van der Waals surface area (Å²) in [5, 5.41) is 2.59. The molecule has 0 fully saturated rings. The van der Waals surface area contributed by atoms with Gasteiger partial charge in [0, 0.05) is 18.6 Å². The molecule has 98 valence electrons. The molecule has 0 aliphatic rings. The highest BCUT2D eigenvalue weighted by molar-refractivity contribution is 8.01. The van der Waals surface area contributed by atoms with Crippen LogP contribution in [0.3, 0.4) is 0 Å². The van der Waals surface area contributed by atoms with Gasteiger partial charge >= 0.3 is 0 Å². The van der Waals surface area contributed by atoms with E-state index in [-0.39, 0.29) is 0 Å². The Morgan fingerprint density at radius 1 is 0.700 bits per heavy atom. The van der Waals surface area contributed by atoms with Crippen molar-refractivity contribution in [2.24, 2.45) is 0 Å². The van der Waals surface area contributed by atoms with Crippen LogP contribution in [0.5, 0.6) is 0 Å². The molecule has 2 heterocycles. The second kappa shape index (κ2) is 5.13. The maximum atomic E-state index is 6.76. The Bertz CT molecular complexity index is 753. The standard InChI is InChI=1S/C16H10ClPS2/c17-18(15-9-11-5-1-3-7-13(11)19-15)16-10-12-6-2-4-8-14(12)20-16/h1-10H. The molecular weight excluding hydrogens is 323 g/mol. The Balaban J connectivity index is 1.80. The Kier molecular flexibility index (Phi) is 3.28. The summed E-state index contributed by atoms with van der Waals surface area (Å²) in [5.74, 6) is 0. The molecule has 0 saturated carbocycles. The minimum atomic E-state index is -0.755. The van der Waals surface area contributed by atoms with Crippen molar-refractivity contribution < 1.29 is 0 Å². The van der Waals surface area contributed by atoms with Crippen molar-refractivity contribution in [3.05, 3.63) is 60.7 Å². The molecule has 0 N–H and O–H groups in total. The number of benzene rings is 2. The van der Waals surface area contributed by atoms with E-state index in [0.717, 1.165) is 0 Å². The zero-order valence-electron chi connectivity index (χ0n) is 10.4. The van der Waals surface area contributed by atoms with Crippen LogP contribution in [0, 0.1) is 0 Å². The zero-order chi connectivity index (χ0) is 13.5. The second-order valence-electron chi connectivity index (χ2n) is 4.53. The fourth-order valence-electron chi connectivity index (χ4n) is 2.24. The van der Waals surface area contributed by atoms with Crippen LogP contribution >= 0.6 is 41.2 Å². The molecule has 0 unspecified atom stereocenters. The lowest BCUT2D eigenvalue weighted by Crippen LogP contribution is -1.99. The maximum absolute atomic E-state index is 6.76. The quantitative estimate of drug-likeness (QED) is 0.413. The van der Waals surface area contributed by atoms with E-state index in [0.29, 0.717) is 0 Å². The predicted molar refractivity (Wildman–Crippen MR) is 95.7 cm³/mol. The third-order valence-electron chi connectivity index (χ3n) is 3.21. The summed E-state index contributed by atoms with van der Waals surface area (Å²) in [4.78, 5) is 0. The van der Waals surface area contributed by atoms with E-state index in [9.17, 15) is 0 Å². The first-order chi connectivity index (χ1) is 9.81. The van der Waals surface area contributed by atoms with Crippen LogP contribution in [-0.2, 0) is 0 Å². The third kappa shape index (κ3) is 2.17. The highest BCUT2D eigenvalue weighted by Gasteiger charge is 2.16. The first-order valence-corrected chi connectivity index (χ1v) is 10.1. The zero-order valence-corrected chi connectivity index (χ0v) is 13.7. The number of halogens is 1. The molecule has 0 atom stereocenters. The van der Waals surface area contributed by atoms with Crippen LogP contribution < -0.4 is 9.24 Å². The summed E-state index contributed by atoms with van der Waals surface area (Å²) in [6.07, 6.45) is 0. The first kappa shape index (κ1) is 12.8. The molecule has 4 rings (SSSR count). The van der Waals surface area contributed by atoms with Crippen molar-refractivity contribution >= 4 is 70.6 Å². The molecule has 0 amide bonds. The van der Waals surface area contributed by atoms with Crippen LogP contribution in [0.25, 0.3) is 20.2 Å². The van der Waals surface area contributed by atoms with E-state index in [1.165, 1.54) is 29.4 Å². The number of thiophene rings is 2. The molecular formula is C16H10ClPS2. The van der Waals surface area contributed by atoms with Crippen molar-refractivity contribution in [3.8, 4) is 0 Å². The Hall–Kier alpha value is -0.920. The van der Waals surface area contributed by atoms with E-state index in [4.69, 9.17) is 11.2 Å². The topological polar surface area (TPSA) is 0 Å². The molecule has 0 nitrogen and oxygen atoms in total. The number of hydrogen-bond acceptors (Lipinski definition) is 2. The van der Waals surface area contributed by atoms with Gasteiger partial charge in [-0.2, -0.15) is 0 Å². The molecule has 0 aliphatic heterocycles. The third-order valence-corrected chi connectivity index (χ3v) is 9.42. The largest absolute Gasteiger partial charge is 0.134 e. The lowest BCUT2D eigenvalue weighted by atomic mass is 10.3. The Morgan fingerprint density at radius 2 is 1.15 bits per heavy atom. The molecule has 4 heteroatoms. The number of hydrogen-bond donors (Lipinski definition) is 0. The van der Waals surface area contributed by atoms with E-state index in [2.05, 4.69) is 60.7 Å². The lowest BCUT2D eigenvalue weighted by Gasteiger charge is -2.02. The Labute approximate surface area is 131 Å². The molecule has 2 aromatic heterocycles. The minimum Gasteiger partial charge on any atom is -0.134 e. The average molecular weight is 333 g/mol. The van der Waals surface area contributed by atoms with E-state index in [1.54, 1.807) is 0 Å². The minimum absolute atomic E-state index is 0.755. The van der Waals surface area contributed by atoms with Gasteiger partial charge in [-0.1, -0.05) is 47.6 Å². The van der Waals surface area contributed by atoms with E-state index in [1.807, 2.05) is 22.7 Å². The van der Waals surface area contributed by atoms with Gasteiger partial charge in [-0.25, -0.2) is 0 Å². The molecule has 0 bridgehead atoms. The highest BCUT2D eigenvalue weighted by atomic mass is 35.7. The molecule has 2 aromatic carbocycles. The maximum Gasteiger partial charge on any atom is 0.0729 e. The Morgan fingerprint density at radius 3 is 1.60 bits per heavy atom. The van der Waals surface area contributed by atoms with Crippen LogP contribution in [0.1, 0.15) is 0 Å². The molecule has 0 spiro atoms. The molecule has 0 radical (unpaired) electrons. The summed E-state index contributed by atoms with van der Waals surface area (Å²) in [5.41, 5.74) is 0. The summed E-state index contributed by atoms with van der Waals surface area (Å²) in [6, 6.07) is 21.4.